The fourth-order valence-corrected chi connectivity index (χ4v) is 1.93. The highest BCUT2D eigenvalue weighted by Gasteiger charge is 2.17. The van der Waals surface area contributed by atoms with E-state index in [1.807, 2.05) is 6.92 Å². The van der Waals surface area contributed by atoms with E-state index in [-0.39, 0.29) is 18.9 Å². The lowest BCUT2D eigenvalue weighted by molar-refractivity contribution is -0.146. The average Bonchev–Trinajstić information content (AvgIpc) is 2.77. The Balaban J connectivity index is 2.45. The molecule has 0 fully saturated rings. The zero-order chi connectivity index (χ0) is 13.5. The molecule has 1 atom stereocenters. The van der Waals surface area contributed by atoms with E-state index in [1.165, 1.54) is 0 Å². The van der Waals surface area contributed by atoms with Crippen LogP contribution in [0, 0.1) is 0 Å². The van der Waals surface area contributed by atoms with Crippen LogP contribution in [0.3, 0.4) is 0 Å². The smallest absolute Gasteiger partial charge is 0.332 e. The molecule has 3 N–H and O–H groups in total. The molecule has 1 rings (SSSR count). The number of hydrogen-bond donors (Lipinski definition) is 3. The molecule has 0 spiro atoms. The van der Waals surface area contributed by atoms with Crippen LogP contribution in [-0.2, 0) is 11.2 Å². The van der Waals surface area contributed by atoms with Gasteiger partial charge in [0.05, 0.1) is 5.69 Å². The molecule has 0 aliphatic carbocycles. The van der Waals surface area contributed by atoms with Crippen molar-refractivity contribution in [3.8, 4) is 0 Å². The van der Waals surface area contributed by atoms with Crippen molar-refractivity contribution in [2.24, 2.45) is 0 Å². The van der Waals surface area contributed by atoms with Gasteiger partial charge in [0.15, 0.2) is 6.10 Å². The summed E-state index contributed by atoms with van der Waals surface area (Å²) in [6.45, 7) is 2.07. The maximum atomic E-state index is 11.7. The quantitative estimate of drug-likeness (QED) is 0.647. The average molecular weight is 273 g/mol. The fraction of sp³-hybridized carbons (Fsp3) is 0.600. The van der Waals surface area contributed by atoms with Crippen molar-refractivity contribution < 1.29 is 19.8 Å². The molecule has 0 radical (unpaired) electrons. The molecule has 0 aromatic carbocycles. The molecule has 1 heterocycles. The summed E-state index contributed by atoms with van der Waals surface area (Å²) in [5, 5.41) is 23.9. The second-order valence-electron chi connectivity index (χ2n) is 3.70. The largest absolute Gasteiger partial charge is 0.479 e. The van der Waals surface area contributed by atoms with Gasteiger partial charge in [-0.15, -0.1) is 5.10 Å². The summed E-state index contributed by atoms with van der Waals surface area (Å²) in [5.41, 5.74) is 0.652. The molecule has 1 amide bonds. The molecule has 8 heteroatoms. The molecule has 1 aromatic rings. The molecule has 1 unspecified atom stereocenters. The van der Waals surface area contributed by atoms with Gasteiger partial charge >= 0.3 is 5.97 Å². The first kappa shape index (κ1) is 14.5. The first-order valence-corrected chi connectivity index (χ1v) is 6.33. The van der Waals surface area contributed by atoms with Crippen molar-refractivity contribution in [3.63, 3.8) is 0 Å². The minimum atomic E-state index is -1.46. The number of aliphatic carboxylic acids is 1. The van der Waals surface area contributed by atoms with Crippen molar-refractivity contribution in [3.05, 3.63) is 10.6 Å². The summed E-state index contributed by atoms with van der Waals surface area (Å²) >= 11 is 1.01. The Bertz CT molecular complexity index is 421. The van der Waals surface area contributed by atoms with E-state index in [2.05, 4.69) is 14.9 Å². The first-order chi connectivity index (χ1) is 8.56. The predicted molar refractivity (Wildman–Crippen MR) is 64.5 cm³/mol. The van der Waals surface area contributed by atoms with Gasteiger partial charge < -0.3 is 15.5 Å². The molecule has 0 bridgehead atoms. The van der Waals surface area contributed by atoms with E-state index in [0.717, 1.165) is 18.0 Å². The number of carboxylic acids is 1. The van der Waals surface area contributed by atoms with Crippen LogP contribution in [0.5, 0.6) is 0 Å². The van der Waals surface area contributed by atoms with Gasteiger partial charge in [0.2, 0.25) is 0 Å². The number of nitrogens with one attached hydrogen (secondary N) is 1. The Morgan fingerprint density at radius 1 is 1.50 bits per heavy atom. The van der Waals surface area contributed by atoms with Crippen LogP contribution in [-0.4, -0.2) is 44.3 Å². The van der Waals surface area contributed by atoms with Gasteiger partial charge in [-0.2, -0.15) is 0 Å². The topological polar surface area (TPSA) is 112 Å². The zero-order valence-electron chi connectivity index (χ0n) is 9.92. The van der Waals surface area contributed by atoms with Crippen molar-refractivity contribution in [2.75, 3.05) is 6.54 Å². The third-order valence-electron chi connectivity index (χ3n) is 2.24. The Kier molecular flexibility index (Phi) is 5.66. The maximum absolute atomic E-state index is 11.7. The molecule has 0 aliphatic rings. The Morgan fingerprint density at radius 2 is 2.22 bits per heavy atom. The summed E-state index contributed by atoms with van der Waals surface area (Å²) in [6, 6.07) is 0. The highest BCUT2D eigenvalue weighted by Crippen LogP contribution is 2.12. The number of aliphatic hydroxyl groups is 1. The lowest BCUT2D eigenvalue weighted by atomic mass is 10.2. The molecule has 0 saturated heterocycles. The number of amides is 1. The molecule has 7 nitrogen and oxygen atoms in total. The Hall–Kier alpha value is -1.54. The Labute approximate surface area is 108 Å². The lowest BCUT2D eigenvalue weighted by Crippen LogP contribution is -2.30. The fourth-order valence-electron chi connectivity index (χ4n) is 1.31. The van der Waals surface area contributed by atoms with Gasteiger partial charge in [-0.05, 0) is 18.0 Å². The van der Waals surface area contributed by atoms with Crippen LogP contribution in [0.15, 0.2) is 0 Å². The number of aliphatic hydroxyl groups excluding tert-OH is 1. The summed E-state index contributed by atoms with van der Waals surface area (Å²) in [4.78, 5) is 22.6. The summed E-state index contributed by atoms with van der Waals surface area (Å²) in [7, 11) is 0. The van der Waals surface area contributed by atoms with Crippen LogP contribution in [0.4, 0.5) is 0 Å². The van der Waals surface area contributed by atoms with Crippen molar-refractivity contribution >= 4 is 23.4 Å². The van der Waals surface area contributed by atoms with E-state index in [0.29, 0.717) is 17.0 Å². The molecule has 100 valence electrons. The number of carboxylic acid groups (broad SMARTS) is 1. The van der Waals surface area contributed by atoms with Crippen LogP contribution in [0.25, 0.3) is 0 Å². The van der Waals surface area contributed by atoms with Crippen LogP contribution >= 0.6 is 11.5 Å². The number of aromatic nitrogens is 2. The molecule has 1 aromatic heterocycles. The molecule has 0 aliphatic heterocycles. The van der Waals surface area contributed by atoms with E-state index in [1.54, 1.807) is 0 Å². The van der Waals surface area contributed by atoms with E-state index < -0.39 is 12.1 Å². The van der Waals surface area contributed by atoms with Gasteiger partial charge in [0, 0.05) is 13.0 Å². The van der Waals surface area contributed by atoms with Crippen LogP contribution < -0.4 is 5.32 Å². The highest BCUT2D eigenvalue weighted by molar-refractivity contribution is 7.08. The Morgan fingerprint density at radius 3 is 2.83 bits per heavy atom. The minimum absolute atomic E-state index is 0.0313. The van der Waals surface area contributed by atoms with E-state index in [4.69, 9.17) is 10.2 Å². The molecule has 0 saturated carbocycles. The second kappa shape index (κ2) is 7.02. The number of rotatable bonds is 7. The van der Waals surface area contributed by atoms with Crippen LogP contribution in [0.2, 0.25) is 0 Å². The molecular weight excluding hydrogens is 258 g/mol. The van der Waals surface area contributed by atoms with Crippen molar-refractivity contribution in [1.82, 2.24) is 14.9 Å². The van der Waals surface area contributed by atoms with Crippen molar-refractivity contribution in [2.45, 2.75) is 32.3 Å². The summed E-state index contributed by atoms with van der Waals surface area (Å²) < 4.78 is 3.72. The third kappa shape index (κ3) is 4.04. The van der Waals surface area contributed by atoms with Gasteiger partial charge in [0.25, 0.3) is 5.91 Å². The second-order valence-corrected chi connectivity index (χ2v) is 4.45. The molecule has 18 heavy (non-hydrogen) atoms. The number of carbonyl (C=O) groups is 2. The van der Waals surface area contributed by atoms with E-state index >= 15 is 0 Å². The minimum Gasteiger partial charge on any atom is -0.479 e. The van der Waals surface area contributed by atoms with Gasteiger partial charge in [-0.1, -0.05) is 17.8 Å². The first-order valence-electron chi connectivity index (χ1n) is 5.56. The lowest BCUT2D eigenvalue weighted by Gasteiger charge is -2.06. The SMILES string of the molecule is CCCc1nnsc1C(=O)NCCC(O)C(=O)O. The standard InChI is InChI=1S/C10H15N3O4S/c1-2-3-6-8(18-13-12-6)9(15)11-5-4-7(14)10(16)17/h7,14H,2-5H2,1H3,(H,11,15)(H,16,17). The predicted octanol–water partition coefficient (Wildman–Crippen LogP) is 0.0560. The number of aryl methyl sites for hydroxylation is 1. The zero-order valence-corrected chi connectivity index (χ0v) is 10.7. The van der Waals surface area contributed by atoms with Gasteiger partial charge in [-0.3, -0.25) is 4.79 Å². The summed E-state index contributed by atoms with van der Waals surface area (Å²) in [5.74, 6) is -1.62. The maximum Gasteiger partial charge on any atom is 0.332 e. The number of hydrogen-bond acceptors (Lipinski definition) is 6. The molecular formula is C10H15N3O4S. The monoisotopic (exact) mass is 273 g/mol. The number of nitrogens with zero attached hydrogens (tertiary/aromatic N) is 2. The van der Waals surface area contributed by atoms with Gasteiger partial charge in [-0.25, -0.2) is 4.79 Å². The van der Waals surface area contributed by atoms with Gasteiger partial charge in [0.1, 0.15) is 4.88 Å². The number of carbonyl (C=O) groups excluding carboxylic acids is 1. The normalized spacial score (nSPS) is 12.1. The van der Waals surface area contributed by atoms with Crippen molar-refractivity contribution in [1.29, 1.82) is 0 Å². The van der Waals surface area contributed by atoms with E-state index in [9.17, 15) is 9.59 Å². The summed E-state index contributed by atoms with van der Waals surface area (Å²) in [6.07, 6.45) is 0.0524. The third-order valence-corrected chi connectivity index (χ3v) is 3.00. The highest BCUT2D eigenvalue weighted by atomic mass is 32.1. The van der Waals surface area contributed by atoms with Crippen LogP contribution in [0.1, 0.15) is 35.1 Å².